The van der Waals surface area contributed by atoms with Crippen LogP contribution < -0.4 is 11.1 Å². The highest BCUT2D eigenvalue weighted by Crippen LogP contribution is 2.30. The lowest BCUT2D eigenvalue weighted by atomic mass is 10.0. The van der Waals surface area contributed by atoms with Gasteiger partial charge in [-0.3, -0.25) is 4.79 Å². The molecule has 0 fully saturated rings. The Hall–Kier alpha value is -2.48. The normalized spacial score (nSPS) is 12.7. The van der Waals surface area contributed by atoms with E-state index in [2.05, 4.69) is 5.32 Å². The number of benzene rings is 2. The molecule has 0 unspecified atom stereocenters. The standard InChI is InChI=1S/C18H17F5N2O/c19-14-6-11(5-13(8-14)18(21,22)23)10-25-17(26)9-15(24)7-12-3-1-2-4-16(12)20/h1-6,8,15H,7,9-10,24H2,(H,25,26)/t15-/m1/s1. The lowest BCUT2D eigenvalue weighted by molar-refractivity contribution is -0.137. The molecule has 0 aromatic heterocycles. The van der Waals surface area contributed by atoms with E-state index in [4.69, 9.17) is 5.73 Å². The smallest absolute Gasteiger partial charge is 0.352 e. The summed E-state index contributed by atoms with van der Waals surface area (Å²) in [6.07, 6.45) is -4.68. The molecule has 0 saturated carbocycles. The molecule has 26 heavy (non-hydrogen) atoms. The van der Waals surface area contributed by atoms with Crippen LogP contribution in [-0.2, 0) is 23.9 Å². The van der Waals surface area contributed by atoms with Crippen LogP contribution in [0.4, 0.5) is 22.0 Å². The molecule has 1 amide bonds. The van der Waals surface area contributed by atoms with Crippen LogP contribution in [0.3, 0.4) is 0 Å². The predicted molar refractivity (Wildman–Crippen MR) is 85.9 cm³/mol. The first-order valence-electron chi connectivity index (χ1n) is 7.77. The summed E-state index contributed by atoms with van der Waals surface area (Å²) < 4.78 is 64.8. The van der Waals surface area contributed by atoms with E-state index < -0.39 is 35.3 Å². The summed E-state index contributed by atoms with van der Waals surface area (Å²) in [4.78, 5) is 11.9. The van der Waals surface area contributed by atoms with Crippen LogP contribution >= 0.6 is 0 Å². The topological polar surface area (TPSA) is 55.1 Å². The molecular weight excluding hydrogens is 355 g/mol. The van der Waals surface area contributed by atoms with Gasteiger partial charge in [-0.05, 0) is 41.8 Å². The van der Waals surface area contributed by atoms with Crippen LogP contribution in [-0.4, -0.2) is 11.9 Å². The highest BCUT2D eigenvalue weighted by atomic mass is 19.4. The number of nitrogens with one attached hydrogen (secondary N) is 1. The summed E-state index contributed by atoms with van der Waals surface area (Å²) in [5.74, 6) is -1.99. The summed E-state index contributed by atoms with van der Waals surface area (Å²) in [7, 11) is 0. The van der Waals surface area contributed by atoms with Crippen molar-refractivity contribution < 1.29 is 26.7 Å². The minimum atomic E-state index is -4.68. The molecule has 2 rings (SSSR count). The van der Waals surface area contributed by atoms with E-state index in [9.17, 15) is 26.7 Å². The van der Waals surface area contributed by atoms with Crippen molar-refractivity contribution in [3.63, 3.8) is 0 Å². The first-order chi connectivity index (χ1) is 12.1. The molecule has 8 heteroatoms. The molecule has 0 aliphatic rings. The minimum Gasteiger partial charge on any atom is -0.352 e. The lowest BCUT2D eigenvalue weighted by Crippen LogP contribution is -2.33. The van der Waals surface area contributed by atoms with Crippen LogP contribution in [0.25, 0.3) is 0 Å². The third-order valence-corrected chi connectivity index (χ3v) is 3.66. The van der Waals surface area contributed by atoms with Crippen molar-refractivity contribution in [3.05, 3.63) is 70.8 Å². The zero-order chi connectivity index (χ0) is 19.3. The van der Waals surface area contributed by atoms with Crippen molar-refractivity contribution >= 4 is 5.91 Å². The zero-order valence-corrected chi connectivity index (χ0v) is 13.6. The molecule has 3 N–H and O–H groups in total. The fourth-order valence-electron chi connectivity index (χ4n) is 2.45. The van der Waals surface area contributed by atoms with Crippen molar-refractivity contribution in [3.8, 4) is 0 Å². The fraction of sp³-hybridized carbons (Fsp3) is 0.278. The lowest BCUT2D eigenvalue weighted by Gasteiger charge is -2.13. The number of hydrogen-bond acceptors (Lipinski definition) is 2. The van der Waals surface area contributed by atoms with E-state index >= 15 is 0 Å². The predicted octanol–water partition coefficient (Wildman–Crippen LogP) is 3.56. The molecule has 0 aliphatic heterocycles. The SMILES string of the molecule is N[C@@H](CC(=O)NCc1cc(F)cc(C(F)(F)F)c1)Cc1ccccc1F. The number of alkyl halides is 3. The molecule has 2 aromatic carbocycles. The number of halogens is 5. The van der Waals surface area contributed by atoms with Crippen LogP contribution in [0.1, 0.15) is 23.1 Å². The monoisotopic (exact) mass is 372 g/mol. The van der Waals surface area contributed by atoms with Crippen LogP contribution in [0, 0.1) is 11.6 Å². The van der Waals surface area contributed by atoms with Gasteiger partial charge in [0.05, 0.1) is 5.56 Å². The maximum Gasteiger partial charge on any atom is 0.416 e. The van der Waals surface area contributed by atoms with Crippen LogP contribution in [0.2, 0.25) is 0 Å². The summed E-state index contributed by atoms with van der Waals surface area (Å²) in [6, 6.07) is 7.42. The van der Waals surface area contributed by atoms with E-state index in [0.29, 0.717) is 11.6 Å². The number of hydrogen-bond donors (Lipinski definition) is 2. The summed E-state index contributed by atoms with van der Waals surface area (Å²) >= 11 is 0. The van der Waals surface area contributed by atoms with Crippen LogP contribution in [0.15, 0.2) is 42.5 Å². The Balaban J connectivity index is 1.91. The van der Waals surface area contributed by atoms with Gasteiger partial charge in [0.2, 0.25) is 5.91 Å². The van der Waals surface area contributed by atoms with Gasteiger partial charge in [-0.15, -0.1) is 0 Å². The zero-order valence-electron chi connectivity index (χ0n) is 13.6. The van der Waals surface area contributed by atoms with Crippen molar-refractivity contribution in [2.75, 3.05) is 0 Å². The maximum absolute atomic E-state index is 13.5. The molecule has 0 radical (unpaired) electrons. The van der Waals surface area contributed by atoms with Gasteiger partial charge >= 0.3 is 6.18 Å². The van der Waals surface area contributed by atoms with Gasteiger partial charge in [-0.1, -0.05) is 18.2 Å². The first-order valence-corrected chi connectivity index (χ1v) is 7.77. The van der Waals surface area contributed by atoms with E-state index in [-0.39, 0.29) is 24.9 Å². The summed E-state index contributed by atoms with van der Waals surface area (Å²) in [5, 5.41) is 2.39. The Labute approximate surface area is 147 Å². The van der Waals surface area contributed by atoms with Crippen molar-refractivity contribution in [2.45, 2.75) is 31.6 Å². The Kier molecular flexibility index (Phi) is 6.31. The van der Waals surface area contributed by atoms with Crippen molar-refractivity contribution in [2.24, 2.45) is 5.73 Å². The summed E-state index contributed by atoms with van der Waals surface area (Å²) in [6.45, 7) is -0.272. The quantitative estimate of drug-likeness (QED) is 0.762. The van der Waals surface area contributed by atoms with Crippen LogP contribution in [0.5, 0.6) is 0 Å². The Morgan fingerprint density at radius 3 is 2.46 bits per heavy atom. The molecule has 140 valence electrons. The van der Waals surface area contributed by atoms with Crippen molar-refractivity contribution in [1.29, 1.82) is 0 Å². The molecule has 0 bridgehead atoms. The van der Waals surface area contributed by atoms with Gasteiger partial charge in [-0.25, -0.2) is 8.78 Å². The highest BCUT2D eigenvalue weighted by Gasteiger charge is 2.31. The number of amides is 1. The van der Waals surface area contributed by atoms with E-state index in [1.165, 1.54) is 12.1 Å². The number of carbonyl (C=O) groups excluding carboxylic acids is 1. The Morgan fingerprint density at radius 1 is 1.12 bits per heavy atom. The molecule has 2 aromatic rings. The van der Waals surface area contributed by atoms with E-state index in [1.807, 2.05) is 0 Å². The maximum atomic E-state index is 13.5. The molecular formula is C18H17F5N2O. The largest absolute Gasteiger partial charge is 0.416 e. The average Bonchev–Trinajstić information content (AvgIpc) is 2.54. The van der Waals surface area contributed by atoms with Gasteiger partial charge < -0.3 is 11.1 Å². The average molecular weight is 372 g/mol. The number of carbonyl (C=O) groups is 1. The molecule has 3 nitrogen and oxygen atoms in total. The van der Waals surface area contributed by atoms with Gasteiger partial charge in [-0.2, -0.15) is 13.2 Å². The summed E-state index contributed by atoms with van der Waals surface area (Å²) in [5.41, 5.74) is 5.03. The second kappa shape index (κ2) is 8.27. The molecule has 0 aliphatic carbocycles. The van der Waals surface area contributed by atoms with Crippen molar-refractivity contribution in [1.82, 2.24) is 5.32 Å². The second-order valence-electron chi connectivity index (χ2n) is 5.88. The third kappa shape index (κ3) is 5.80. The highest BCUT2D eigenvalue weighted by molar-refractivity contribution is 5.76. The number of rotatable bonds is 6. The molecule has 0 heterocycles. The van der Waals surface area contributed by atoms with Gasteiger partial charge in [0.1, 0.15) is 11.6 Å². The first kappa shape index (κ1) is 19.8. The second-order valence-corrected chi connectivity index (χ2v) is 5.88. The van der Waals surface area contributed by atoms with Gasteiger partial charge in [0.25, 0.3) is 0 Å². The van der Waals surface area contributed by atoms with Gasteiger partial charge in [0.15, 0.2) is 0 Å². The molecule has 1 atom stereocenters. The third-order valence-electron chi connectivity index (χ3n) is 3.66. The molecule has 0 saturated heterocycles. The molecule has 0 spiro atoms. The fourth-order valence-corrected chi connectivity index (χ4v) is 2.45. The minimum absolute atomic E-state index is 0.0200. The number of nitrogens with two attached hydrogens (primary N) is 1. The van der Waals surface area contributed by atoms with Gasteiger partial charge in [0, 0.05) is 19.0 Å². The Morgan fingerprint density at radius 2 is 1.81 bits per heavy atom. The van der Waals surface area contributed by atoms with E-state index in [0.717, 1.165) is 12.1 Å². The Bertz CT molecular complexity index is 776. The van der Waals surface area contributed by atoms with E-state index in [1.54, 1.807) is 12.1 Å².